The third-order valence-corrected chi connectivity index (χ3v) is 8.47. The molecule has 232 valence electrons. The molecule has 0 bridgehead atoms. The van der Waals surface area contributed by atoms with Gasteiger partial charge in [0.2, 0.25) is 27.4 Å². The lowest BCUT2D eigenvalue weighted by Crippen LogP contribution is -2.78. The lowest BCUT2D eigenvalue weighted by Gasteiger charge is -2.49. The number of rotatable bonds is 5. The summed E-state index contributed by atoms with van der Waals surface area (Å²) in [6.07, 6.45) is -1.03. The maximum atomic E-state index is 13.4. The first-order valence-corrected chi connectivity index (χ1v) is 14.4. The molecule has 17 heteroatoms. The molecule has 0 saturated carbocycles. The number of aliphatic imine (C=N–C) groups is 1. The van der Waals surface area contributed by atoms with Crippen molar-refractivity contribution in [1.82, 2.24) is 31.1 Å². The number of imide groups is 1. The molecule has 3 fully saturated rings. The van der Waals surface area contributed by atoms with Gasteiger partial charge in [-0.15, -0.1) is 0 Å². The van der Waals surface area contributed by atoms with E-state index in [0.717, 1.165) is 10.5 Å². The smallest absolute Gasteiger partial charge is 0.414 e. The van der Waals surface area contributed by atoms with Crippen molar-refractivity contribution >= 4 is 64.6 Å². The molecule has 1 unspecified atom stereocenters. The molecule has 0 aliphatic carbocycles. The van der Waals surface area contributed by atoms with Crippen LogP contribution in [0.3, 0.4) is 0 Å². The highest BCUT2D eigenvalue weighted by atomic mass is 35.6. The molecular formula is C26H30Cl3N7O7. The number of alkyl carbamates (subject to hydrolysis) is 1. The lowest BCUT2D eigenvalue weighted by molar-refractivity contribution is -0.231. The molecule has 0 radical (unpaired) electrons. The molecule has 4 atom stereocenters. The number of ether oxygens (including phenoxy) is 1. The summed E-state index contributed by atoms with van der Waals surface area (Å²) in [5.41, 5.74) is 0.0127. The largest absolute Gasteiger partial charge is 0.445 e. The van der Waals surface area contributed by atoms with Crippen molar-refractivity contribution in [3.8, 4) is 0 Å². The van der Waals surface area contributed by atoms with Gasteiger partial charge in [-0.1, -0.05) is 53.5 Å². The zero-order valence-electron chi connectivity index (χ0n) is 23.1. The number of carbonyl (C=O) groups excluding carboxylic acids is 4. The van der Waals surface area contributed by atoms with Gasteiger partial charge in [0.15, 0.2) is 5.66 Å². The SMILES string of the molecule is C=C1N[C@H]2[C@H](CN3C(=O)CCC3=O)N=C(NC(=O)OCC(Cl)(Cl)Cl)N3CC(NC(=O)c4cccc(C)c4C)C(O)(O)[C@]23N1. The van der Waals surface area contributed by atoms with E-state index >= 15 is 0 Å². The predicted molar refractivity (Wildman–Crippen MR) is 155 cm³/mol. The summed E-state index contributed by atoms with van der Waals surface area (Å²) in [5.74, 6) is -4.17. The Morgan fingerprint density at radius 1 is 1.21 bits per heavy atom. The minimum Gasteiger partial charge on any atom is -0.445 e. The Hall–Kier alpha value is -3.30. The molecule has 0 aromatic heterocycles. The number of nitrogens with zero attached hydrogens (tertiary/aromatic N) is 3. The van der Waals surface area contributed by atoms with Crippen LogP contribution in [0.2, 0.25) is 0 Å². The molecule has 43 heavy (non-hydrogen) atoms. The molecule has 1 spiro atoms. The molecule has 4 amide bonds. The molecule has 4 aliphatic heterocycles. The summed E-state index contributed by atoms with van der Waals surface area (Å²) in [4.78, 5) is 58.1. The second-order valence-electron chi connectivity index (χ2n) is 10.8. The van der Waals surface area contributed by atoms with E-state index in [1.54, 1.807) is 19.1 Å². The van der Waals surface area contributed by atoms with Gasteiger partial charge in [0.1, 0.15) is 12.6 Å². The van der Waals surface area contributed by atoms with Gasteiger partial charge in [-0.25, -0.2) is 9.79 Å². The van der Waals surface area contributed by atoms with Crippen LogP contribution in [0.5, 0.6) is 0 Å². The first-order chi connectivity index (χ1) is 20.0. The first kappa shape index (κ1) is 31.1. The van der Waals surface area contributed by atoms with Gasteiger partial charge >= 0.3 is 6.09 Å². The Kier molecular flexibility index (Phi) is 7.97. The summed E-state index contributed by atoms with van der Waals surface area (Å²) in [5, 5.41) is 34.8. The van der Waals surface area contributed by atoms with E-state index in [1.165, 1.54) is 4.90 Å². The van der Waals surface area contributed by atoms with Crippen LogP contribution in [-0.2, 0) is 14.3 Å². The number of nitrogens with one attached hydrogen (secondary N) is 4. The molecule has 6 N–H and O–H groups in total. The minimum absolute atomic E-state index is 0.0282. The number of guanidine groups is 1. The predicted octanol–water partition coefficient (Wildman–Crippen LogP) is 0.111. The highest BCUT2D eigenvalue weighted by Gasteiger charge is 2.74. The first-order valence-electron chi connectivity index (χ1n) is 13.3. The zero-order valence-corrected chi connectivity index (χ0v) is 25.4. The summed E-state index contributed by atoms with van der Waals surface area (Å²) >= 11 is 17.1. The number of likely N-dealkylation sites (tertiary alicyclic amines) is 1. The number of amides is 4. The van der Waals surface area contributed by atoms with Crippen LogP contribution in [0.1, 0.15) is 34.3 Å². The lowest BCUT2D eigenvalue weighted by atomic mass is 9.85. The Labute approximate surface area is 261 Å². The maximum absolute atomic E-state index is 13.4. The third-order valence-electron chi connectivity index (χ3n) is 8.15. The van der Waals surface area contributed by atoms with Crippen molar-refractivity contribution in [3.05, 3.63) is 47.3 Å². The molecule has 4 aliphatic rings. The Bertz CT molecular complexity index is 1420. The molecule has 5 rings (SSSR count). The molecular weight excluding hydrogens is 629 g/mol. The standard InChI is InChI=1S/C26H30Cl3N7O7/c1-12-5-4-6-15(13(12)2)21(39)32-17-10-36-22(33-23(40)43-11-24(27,28)29)31-16(9-35-18(37)7-8-19(35)38)20-25(36,26(17,41)42)34-14(3)30-20/h4-6,16-17,20,30,34,41-42H,3,7-11H2,1-2H3,(H,32,39)(H,31,33,40)/t16-,17?,20-,25-/m0/s1. The fourth-order valence-electron chi connectivity index (χ4n) is 5.95. The fourth-order valence-corrected chi connectivity index (χ4v) is 6.12. The van der Waals surface area contributed by atoms with Crippen molar-refractivity contribution < 1.29 is 34.1 Å². The maximum Gasteiger partial charge on any atom is 0.414 e. The highest BCUT2D eigenvalue weighted by molar-refractivity contribution is 6.67. The Morgan fingerprint density at radius 2 is 1.88 bits per heavy atom. The summed E-state index contributed by atoms with van der Waals surface area (Å²) in [6.45, 7) is 6.38. The fraction of sp³-hybridized carbons (Fsp3) is 0.500. The van der Waals surface area contributed by atoms with Crippen LogP contribution in [0.4, 0.5) is 4.79 Å². The Balaban J connectivity index is 1.52. The summed E-state index contributed by atoms with van der Waals surface area (Å²) in [6, 6.07) is 1.79. The molecule has 1 aromatic rings. The second kappa shape index (κ2) is 11.0. The number of hydrogen-bond donors (Lipinski definition) is 6. The van der Waals surface area contributed by atoms with E-state index in [1.807, 2.05) is 13.0 Å². The molecule has 3 saturated heterocycles. The summed E-state index contributed by atoms with van der Waals surface area (Å²) in [7, 11) is 0. The second-order valence-corrected chi connectivity index (χ2v) is 13.4. The zero-order chi connectivity index (χ0) is 31.5. The normalized spacial score (nSPS) is 27.7. The van der Waals surface area contributed by atoms with Gasteiger partial charge in [-0.3, -0.25) is 24.6 Å². The number of benzene rings is 1. The average Bonchev–Trinajstić information content (AvgIpc) is 3.51. The molecule has 14 nitrogen and oxygen atoms in total. The van der Waals surface area contributed by atoms with Crippen molar-refractivity contribution in [1.29, 1.82) is 0 Å². The van der Waals surface area contributed by atoms with E-state index in [9.17, 15) is 29.4 Å². The summed E-state index contributed by atoms with van der Waals surface area (Å²) < 4.78 is 3.09. The van der Waals surface area contributed by atoms with Gasteiger partial charge in [-0.05, 0) is 31.0 Å². The van der Waals surface area contributed by atoms with Crippen molar-refractivity contribution in [2.75, 3.05) is 19.7 Å². The number of aliphatic hydroxyl groups is 2. The van der Waals surface area contributed by atoms with Crippen LogP contribution in [0, 0.1) is 13.8 Å². The number of alkyl halides is 3. The number of aryl methyl sites for hydroxylation is 1. The van der Waals surface area contributed by atoms with E-state index in [0.29, 0.717) is 11.1 Å². The van der Waals surface area contributed by atoms with E-state index in [2.05, 4.69) is 32.8 Å². The number of halogens is 3. The van der Waals surface area contributed by atoms with Crippen molar-refractivity contribution in [3.63, 3.8) is 0 Å². The Morgan fingerprint density at radius 3 is 2.53 bits per heavy atom. The number of hydrogen-bond acceptors (Lipinski definition) is 11. The van der Waals surface area contributed by atoms with Gasteiger partial charge < -0.3 is 35.8 Å². The highest BCUT2D eigenvalue weighted by Crippen LogP contribution is 2.45. The quantitative estimate of drug-likeness (QED) is 0.144. The van der Waals surface area contributed by atoms with E-state index in [4.69, 9.17) is 39.5 Å². The van der Waals surface area contributed by atoms with Crippen LogP contribution in [-0.4, -0.2) is 103 Å². The topological polar surface area (TPSA) is 185 Å². The third kappa shape index (κ3) is 5.46. The van der Waals surface area contributed by atoms with Gasteiger partial charge in [0, 0.05) is 24.9 Å². The van der Waals surface area contributed by atoms with Crippen LogP contribution in [0.15, 0.2) is 35.6 Å². The molecule has 1 aromatic carbocycles. The van der Waals surface area contributed by atoms with Gasteiger partial charge in [0.05, 0.1) is 24.4 Å². The van der Waals surface area contributed by atoms with Crippen molar-refractivity contribution in [2.24, 2.45) is 4.99 Å². The van der Waals surface area contributed by atoms with Crippen LogP contribution < -0.4 is 21.3 Å². The van der Waals surface area contributed by atoms with Gasteiger partial charge in [0.25, 0.3) is 5.91 Å². The van der Waals surface area contributed by atoms with E-state index in [-0.39, 0.29) is 37.7 Å². The monoisotopic (exact) mass is 657 g/mol. The number of carbonyl (C=O) groups is 4. The molecule has 4 heterocycles. The van der Waals surface area contributed by atoms with Crippen LogP contribution >= 0.6 is 34.8 Å². The van der Waals surface area contributed by atoms with E-state index < -0.39 is 63.8 Å². The average molecular weight is 659 g/mol. The minimum atomic E-state index is -2.74. The van der Waals surface area contributed by atoms with Crippen LogP contribution in [0.25, 0.3) is 0 Å². The van der Waals surface area contributed by atoms with Gasteiger partial charge in [-0.2, -0.15) is 0 Å². The van der Waals surface area contributed by atoms with Crippen molar-refractivity contribution in [2.45, 2.75) is 60.1 Å².